The first-order valence-corrected chi connectivity index (χ1v) is 7.65. The summed E-state index contributed by atoms with van der Waals surface area (Å²) in [7, 11) is 0. The minimum atomic E-state index is -0.147. The lowest BCUT2D eigenvalue weighted by molar-refractivity contribution is -0.143. The van der Waals surface area contributed by atoms with Gasteiger partial charge in [-0.15, -0.1) is 0 Å². The maximum absolute atomic E-state index is 11.9. The molecule has 0 saturated heterocycles. The number of hydrogen-bond donors (Lipinski definition) is 0. The fourth-order valence-electron chi connectivity index (χ4n) is 1.77. The van der Waals surface area contributed by atoms with Gasteiger partial charge in [0.05, 0.1) is 6.61 Å². The molecule has 0 aliphatic carbocycles. The highest BCUT2D eigenvalue weighted by atomic mass is 127. The van der Waals surface area contributed by atoms with Gasteiger partial charge in [-0.05, 0) is 54.5 Å². The van der Waals surface area contributed by atoms with Crippen molar-refractivity contribution in [2.75, 3.05) is 6.61 Å². The zero-order chi connectivity index (χ0) is 14.1. The molecule has 0 atom stereocenters. The Morgan fingerprint density at radius 2 is 1.89 bits per heavy atom. The molecule has 104 valence electrons. The fourth-order valence-corrected chi connectivity index (χ4v) is 2.31. The Kier molecular flexibility index (Phi) is 7.70. The van der Waals surface area contributed by atoms with Crippen molar-refractivity contribution in [3.05, 3.63) is 33.4 Å². The Morgan fingerprint density at radius 1 is 1.16 bits per heavy atom. The van der Waals surface area contributed by atoms with E-state index in [1.54, 1.807) is 6.92 Å². The van der Waals surface area contributed by atoms with Crippen LogP contribution < -0.4 is 0 Å². The Morgan fingerprint density at radius 3 is 2.58 bits per heavy atom. The van der Waals surface area contributed by atoms with Gasteiger partial charge in [-0.2, -0.15) is 0 Å². The number of rotatable bonds is 8. The predicted molar refractivity (Wildman–Crippen MR) is 83.2 cm³/mol. The second kappa shape index (κ2) is 9.07. The molecule has 0 aromatic heterocycles. The molecule has 3 nitrogen and oxygen atoms in total. The number of benzene rings is 1. The Bertz CT molecular complexity index is 429. The van der Waals surface area contributed by atoms with E-state index in [9.17, 15) is 9.59 Å². The fraction of sp³-hybridized carbons (Fsp3) is 0.467. The molecule has 0 radical (unpaired) electrons. The molecule has 0 heterocycles. The first kappa shape index (κ1) is 16.1. The zero-order valence-corrected chi connectivity index (χ0v) is 13.3. The SMILES string of the molecule is CCOC(=O)CCCCCC(=O)c1cccc(I)c1. The van der Waals surface area contributed by atoms with Crippen LogP contribution in [-0.4, -0.2) is 18.4 Å². The Labute approximate surface area is 127 Å². The molecule has 0 N–H and O–H groups in total. The van der Waals surface area contributed by atoms with Crippen molar-refractivity contribution in [1.29, 1.82) is 0 Å². The van der Waals surface area contributed by atoms with Crippen LogP contribution in [0.5, 0.6) is 0 Å². The van der Waals surface area contributed by atoms with Crippen LogP contribution in [0.2, 0.25) is 0 Å². The maximum Gasteiger partial charge on any atom is 0.305 e. The van der Waals surface area contributed by atoms with E-state index >= 15 is 0 Å². The van der Waals surface area contributed by atoms with E-state index < -0.39 is 0 Å². The summed E-state index contributed by atoms with van der Waals surface area (Å²) in [5, 5.41) is 0. The lowest BCUT2D eigenvalue weighted by Gasteiger charge is -2.03. The normalized spacial score (nSPS) is 10.2. The van der Waals surface area contributed by atoms with Crippen molar-refractivity contribution in [2.24, 2.45) is 0 Å². The molecule has 1 aromatic rings. The van der Waals surface area contributed by atoms with Gasteiger partial charge in [0.2, 0.25) is 0 Å². The second-order valence-corrected chi connectivity index (χ2v) is 5.54. The molecule has 0 saturated carbocycles. The topological polar surface area (TPSA) is 43.4 Å². The summed E-state index contributed by atoms with van der Waals surface area (Å²) in [6.45, 7) is 2.24. The second-order valence-electron chi connectivity index (χ2n) is 4.30. The number of hydrogen-bond acceptors (Lipinski definition) is 3. The predicted octanol–water partition coefficient (Wildman–Crippen LogP) is 3.99. The molecule has 0 fully saturated rings. The molecule has 0 amide bonds. The van der Waals surface area contributed by atoms with Gasteiger partial charge < -0.3 is 4.74 Å². The molecule has 0 aliphatic rings. The van der Waals surface area contributed by atoms with Gasteiger partial charge in [-0.3, -0.25) is 9.59 Å². The third-order valence-corrected chi connectivity index (χ3v) is 3.41. The number of Topliss-reactive ketones (excluding diaryl/α,β-unsaturated/α-hetero) is 1. The van der Waals surface area contributed by atoms with Crippen molar-refractivity contribution < 1.29 is 14.3 Å². The van der Waals surface area contributed by atoms with E-state index in [4.69, 9.17) is 4.74 Å². The van der Waals surface area contributed by atoms with Crippen molar-refractivity contribution >= 4 is 34.3 Å². The van der Waals surface area contributed by atoms with Crippen molar-refractivity contribution in [3.63, 3.8) is 0 Å². The summed E-state index contributed by atoms with van der Waals surface area (Å²) >= 11 is 2.20. The van der Waals surface area contributed by atoms with Crippen LogP contribution in [0.25, 0.3) is 0 Å². The smallest absolute Gasteiger partial charge is 0.305 e. The summed E-state index contributed by atoms with van der Waals surface area (Å²) in [5.74, 6) is 0.0288. The van der Waals surface area contributed by atoms with E-state index in [0.717, 1.165) is 28.4 Å². The Balaban J connectivity index is 2.19. The van der Waals surface area contributed by atoms with Crippen LogP contribution in [0.1, 0.15) is 49.4 Å². The minimum absolute atomic E-state index is 0.147. The standard InChI is InChI=1S/C15H19IO3/c1-2-19-15(18)10-5-3-4-9-14(17)12-7-6-8-13(16)11-12/h6-8,11H,2-5,9-10H2,1H3. The highest BCUT2D eigenvalue weighted by molar-refractivity contribution is 14.1. The number of ether oxygens (including phenoxy) is 1. The number of ketones is 1. The van der Waals surface area contributed by atoms with Gasteiger partial charge >= 0.3 is 5.97 Å². The molecule has 1 aromatic carbocycles. The number of unbranched alkanes of at least 4 members (excludes halogenated alkanes) is 2. The number of halogens is 1. The molecule has 0 aliphatic heterocycles. The molecule has 0 bridgehead atoms. The number of esters is 1. The average Bonchev–Trinajstić information content (AvgIpc) is 2.38. The van der Waals surface area contributed by atoms with Crippen LogP contribution in [0, 0.1) is 3.57 Å². The Hall–Kier alpha value is -0.910. The van der Waals surface area contributed by atoms with E-state index in [1.807, 2.05) is 24.3 Å². The highest BCUT2D eigenvalue weighted by Gasteiger charge is 2.06. The first-order valence-electron chi connectivity index (χ1n) is 6.58. The third kappa shape index (κ3) is 6.71. The summed E-state index contributed by atoms with van der Waals surface area (Å²) < 4.78 is 5.92. The lowest BCUT2D eigenvalue weighted by Crippen LogP contribution is -2.03. The summed E-state index contributed by atoms with van der Waals surface area (Å²) in [5.41, 5.74) is 0.775. The minimum Gasteiger partial charge on any atom is -0.466 e. The quantitative estimate of drug-likeness (QED) is 0.299. The maximum atomic E-state index is 11.9. The van der Waals surface area contributed by atoms with E-state index in [-0.39, 0.29) is 11.8 Å². The zero-order valence-electron chi connectivity index (χ0n) is 11.2. The monoisotopic (exact) mass is 374 g/mol. The summed E-state index contributed by atoms with van der Waals surface area (Å²) in [6.07, 6.45) is 3.49. The van der Waals surface area contributed by atoms with Gasteiger partial charge in [-0.1, -0.05) is 18.6 Å². The van der Waals surface area contributed by atoms with Crippen LogP contribution in [0.4, 0.5) is 0 Å². The largest absolute Gasteiger partial charge is 0.466 e. The van der Waals surface area contributed by atoms with Gasteiger partial charge in [0.15, 0.2) is 5.78 Å². The van der Waals surface area contributed by atoms with Crippen LogP contribution in [0.3, 0.4) is 0 Å². The van der Waals surface area contributed by atoms with Crippen LogP contribution >= 0.6 is 22.6 Å². The lowest BCUT2D eigenvalue weighted by atomic mass is 10.0. The third-order valence-electron chi connectivity index (χ3n) is 2.74. The van der Waals surface area contributed by atoms with Crippen molar-refractivity contribution in [1.82, 2.24) is 0 Å². The molecule has 1 rings (SSSR count). The van der Waals surface area contributed by atoms with Crippen LogP contribution in [-0.2, 0) is 9.53 Å². The molecule has 19 heavy (non-hydrogen) atoms. The average molecular weight is 374 g/mol. The molecule has 0 spiro atoms. The van der Waals surface area contributed by atoms with Crippen LogP contribution in [0.15, 0.2) is 24.3 Å². The number of carbonyl (C=O) groups excluding carboxylic acids is 2. The molecule has 0 unspecified atom stereocenters. The van der Waals surface area contributed by atoms with Gasteiger partial charge in [0, 0.05) is 22.0 Å². The summed E-state index contributed by atoms with van der Waals surface area (Å²) in [4.78, 5) is 23.0. The summed E-state index contributed by atoms with van der Waals surface area (Å²) in [6, 6.07) is 7.62. The van der Waals surface area contributed by atoms with Crippen molar-refractivity contribution in [3.8, 4) is 0 Å². The first-order chi connectivity index (χ1) is 9.13. The van der Waals surface area contributed by atoms with Gasteiger partial charge in [-0.25, -0.2) is 0 Å². The van der Waals surface area contributed by atoms with Gasteiger partial charge in [0.1, 0.15) is 0 Å². The van der Waals surface area contributed by atoms with Gasteiger partial charge in [0.25, 0.3) is 0 Å². The van der Waals surface area contributed by atoms with E-state index in [1.165, 1.54) is 0 Å². The molecular weight excluding hydrogens is 355 g/mol. The highest BCUT2D eigenvalue weighted by Crippen LogP contribution is 2.12. The van der Waals surface area contributed by atoms with Crippen molar-refractivity contribution in [2.45, 2.75) is 39.0 Å². The van der Waals surface area contributed by atoms with E-state index in [0.29, 0.717) is 19.4 Å². The molecular formula is C15H19IO3. The van der Waals surface area contributed by atoms with E-state index in [2.05, 4.69) is 22.6 Å². The molecule has 4 heteroatoms. The number of carbonyl (C=O) groups is 2.